The van der Waals surface area contributed by atoms with Gasteiger partial charge in [-0.1, -0.05) is 0 Å². The highest BCUT2D eigenvalue weighted by molar-refractivity contribution is 7.89. The molecule has 2 N–H and O–H groups in total. The van der Waals surface area contributed by atoms with Crippen molar-refractivity contribution < 1.29 is 23.0 Å². The minimum absolute atomic E-state index is 0.135. The minimum Gasteiger partial charge on any atom is -0.390 e. The van der Waals surface area contributed by atoms with Crippen molar-refractivity contribution in [1.29, 1.82) is 0 Å². The molecule has 1 unspecified atom stereocenters. The highest BCUT2D eigenvalue weighted by Crippen LogP contribution is 2.37. The summed E-state index contributed by atoms with van der Waals surface area (Å²) >= 11 is 0. The van der Waals surface area contributed by atoms with Crippen LogP contribution in [-0.4, -0.2) is 51.6 Å². The molecule has 7 nitrogen and oxygen atoms in total. The molecular weight excluding hydrogens is 296 g/mol. The van der Waals surface area contributed by atoms with Crippen LogP contribution in [0.4, 0.5) is 0 Å². The number of nitrogens with one attached hydrogen (secondary N) is 1. The van der Waals surface area contributed by atoms with E-state index in [-0.39, 0.29) is 24.2 Å². The number of aliphatic hydroxyl groups is 1. The first-order chi connectivity index (χ1) is 10.0. The third-order valence-corrected chi connectivity index (χ3v) is 4.90. The molecule has 0 aliphatic heterocycles. The second kappa shape index (κ2) is 6.89. The molecule has 1 aromatic heterocycles. The van der Waals surface area contributed by atoms with Crippen LogP contribution in [0.25, 0.3) is 0 Å². The Labute approximate surface area is 124 Å². The maximum absolute atomic E-state index is 12.3. The van der Waals surface area contributed by atoms with Gasteiger partial charge in [-0.3, -0.25) is 0 Å². The summed E-state index contributed by atoms with van der Waals surface area (Å²) in [6, 6.07) is 1.83. The number of nitrogens with zero attached hydrogens (tertiary/aromatic N) is 1. The Morgan fingerprint density at radius 1 is 1.48 bits per heavy atom. The lowest BCUT2D eigenvalue weighted by Gasteiger charge is -2.14. The van der Waals surface area contributed by atoms with Gasteiger partial charge >= 0.3 is 0 Å². The number of aromatic nitrogens is 1. The second-order valence-electron chi connectivity index (χ2n) is 5.13. The van der Waals surface area contributed by atoms with Crippen LogP contribution in [0.5, 0.6) is 0 Å². The smallest absolute Gasteiger partial charge is 0.242 e. The average molecular weight is 318 g/mol. The monoisotopic (exact) mass is 318 g/mol. The van der Waals surface area contributed by atoms with Crippen LogP contribution < -0.4 is 4.72 Å². The van der Waals surface area contributed by atoms with Gasteiger partial charge in [-0.2, -0.15) is 0 Å². The Bertz CT molecular complexity index is 565. The topological polar surface area (TPSA) is 89.8 Å². The molecule has 0 bridgehead atoms. The summed E-state index contributed by atoms with van der Waals surface area (Å²) in [6.07, 6.45) is 3.29. The molecule has 2 rings (SSSR count). The van der Waals surface area contributed by atoms with Crippen molar-refractivity contribution in [3.63, 3.8) is 0 Å². The maximum Gasteiger partial charge on any atom is 0.242 e. The molecule has 0 amide bonds. The van der Waals surface area contributed by atoms with Gasteiger partial charge in [0.25, 0.3) is 0 Å². The standard InChI is InChI=1S/C13H22N2O5S/c1-19-9-12(20-2)6-14-21(17,18)13-5-11(8-16)15(7-13)10-3-4-10/h5,7,10,12,14,16H,3-4,6,8-9H2,1-2H3. The largest absolute Gasteiger partial charge is 0.390 e. The summed E-state index contributed by atoms with van der Waals surface area (Å²) < 4.78 is 39.0. The first-order valence-corrected chi connectivity index (χ1v) is 8.33. The quantitative estimate of drug-likeness (QED) is 0.681. The van der Waals surface area contributed by atoms with Crippen LogP contribution in [0.2, 0.25) is 0 Å². The first-order valence-electron chi connectivity index (χ1n) is 6.84. The molecule has 1 aliphatic carbocycles. The molecule has 0 spiro atoms. The number of hydrogen-bond acceptors (Lipinski definition) is 5. The molecule has 1 fully saturated rings. The normalized spacial score (nSPS) is 17.1. The Balaban J connectivity index is 2.08. The van der Waals surface area contributed by atoms with Crippen molar-refractivity contribution >= 4 is 10.0 Å². The van der Waals surface area contributed by atoms with Crippen molar-refractivity contribution in [2.75, 3.05) is 27.4 Å². The SMILES string of the molecule is COCC(CNS(=O)(=O)c1cc(CO)n(C2CC2)c1)OC. The summed E-state index contributed by atoms with van der Waals surface area (Å²) in [6.45, 7) is 0.274. The zero-order valence-corrected chi connectivity index (χ0v) is 13.1. The van der Waals surface area contributed by atoms with Crippen molar-refractivity contribution in [1.82, 2.24) is 9.29 Å². The van der Waals surface area contributed by atoms with E-state index in [2.05, 4.69) is 4.72 Å². The van der Waals surface area contributed by atoms with E-state index >= 15 is 0 Å². The summed E-state index contributed by atoms with van der Waals surface area (Å²) in [5.74, 6) is 0. The van der Waals surface area contributed by atoms with Crippen LogP contribution in [0.15, 0.2) is 17.2 Å². The Hall–Kier alpha value is -0.930. The van der Waals surface area contributed by atoms with Gasteiger partial charge in [0.1, 0.15) is 0 Å². The molecular formula is C13H22N2O5S. The van der Waals surface area contributed by atoms with Crippen LogP contribution in [0.3, 0.4) is 0 Å². The van der Waals surface area contributed by atoms with Gasteiger partial charge in [-0.15, -0.1) is 0 Å². The summed E-state index contributed by atoms with van der Waals surface area (Å²) in [7, 11) is -0.582. The fourth-order valence-electron chi connectivity index (χ4n) is 2.15. The Kier molecular flexibility index (Phi) is 5.39. The number of ether oxygens (including phenoxy) is 2. The Morgan fingerprint density at radius 3 is 2.71 bits per heavy atom. The van der Waals surface area contributed by atoms with E-state index in [1.165, 1.54) is 20.3 Å². The molecule has 8 heteroatoms. The van der Waals surface area contributed by atoms with E-state index in [9.17, 15) is 13.5 Å². The van der Waals surface area contributed by atoms with Gasteiger partial charge in [0.05, 0.1) is 24.2 Å². The van der Waals surface area contributed by atoms with Gasteiger partial charge in [0.2, 0.25) is 10.0 Å². The highest BCUT2D eigenvalue weighted by atomic mass is 32.2. The van der Waals surface area contributed by atoms with Crippen molar-refractivity contribution in [3.8, 4) is 0 Å². The van der Waals surface area contributed by atoms with Gasteiger partial charge < -0.3 is 19.1 Å². The zero-order valence-electron chi connectivity index (χ0n) is 12.3. The maximum atomic E-state index is 12.3. The van der Waals surface area contributed by atoms with Gasteiger partial charge in [0.15, 0.2) is 0 Å². The van der Waals surface area contributed by atoms with E-state index in [0.717, 1.165) is 12.8 Å². The molecule has 120 valence electrons. The molecule has 1 saturated carbocycles. The lowest BCUT2D eigenvalue weighted by atomic mass is 10.4. The second-order valence-corrected chi connectivity index (χ2v) is 6.90. The van der Waals surface area contributed by atoms with Crippen LogP contribution in [-0.2, 0) is 26.1 Å². The highest BCUT2D eigenvalue weighted by Gasteiger charge is 2.28. The minimum atomic E-state index is -3.62. The van der Waals surface area contributed by atoms with Gasteiger partial charge in [-0.25, -0.2) is 13.1 Å². The number of aliphatic hydroxyl groups excluding tert-OH is 1. The van der Waals surface area contributed by atoms with Crippen LogP contribution >= 0.6 is 0 Å². The zero-order chi connectivity index (χ0) is 15.5. The van der Waals surface area contributed by atoms with E-state index in [1.807, 2.05) is 4.57 Å². The number of sulfonamides is 1. The fourth-order valence-corrected chi connectivity index (χ4v) is 3.26. The lowest BCUT2D eigenvalue weighted by Crippen LogP contribution is -2.35. The van der Waals surface area contributed by atoms with E-state index < -0.39 is 10.0 Å². The molecule has 0 saturated heterocycles. The molecule has 0 aromatic carbocycles. The van der Waals surface area contributed by atoms with E-state index in [0.29, 0.717) is 18.3 Å². The molecule has 21 heavy (non-hydrogen) atoms. The number of methoxy groups -OCH3 is 2. The summed E-state index contributed by atoms with van der Waals surface area (Å²) in [4.78, 5) is 0.172. The molecule has 1 atom stereocenters. The number of rotatable bonds is 9. The summed E-state index contributed by atoms with van der Waals surface area (Å²) in [5, 5.41) is 9.33. The Morgan fingerprint density at radius 2 is 2.19 bits per heavy atom. The number of hydrogen-bond donors (Lipinski definition) is 2. The molecule has 1 aliphatic rings. The molecule has 1 heterocycles. The van der Waals surface area contributed by atoms with E-state index in [1.54, 1.807) is 6.20 Å². The fraction of sp³-hybridized carbons (Fsp3) is 0.692. The van der Waals surface area contributed by atoms with Crippen LogP contribution in [0.1, 0.15) is 24.6 Å². The predicted octanol–water partition coefficient (Wildman–Crippen LogP) is 0.255. The van der Waals surface area contributed by atoms with Crippen molar-refractivity contribution in [3.05, 3.63) is 18.0 Å². The molecule has 1 aromatic rings. The average Bonchev–Trinajstić information content (AvgIpc) is 3.21. The van der Waals surface area contributed by atoms with Crippen molar-refractivity contribution in [2.24, 2.45) is 0 Å². The van der Waals surface area contributed by atoms with Crippen molar-refractivity contribution in [2.45, 2.75) is 36.5 Å². The third kappa shape index (κ3) is 4.04. The first kappa shape index (κ1) is 16.4. The lowest BCUT2D eigenvalue weighted by molar-refractivity contribution is 0.0320. The third-order valence-electron chi connectivity index (χ3n) is 3.51. The van der Waals surface area contributed by atoms with Gasteiger partial charge in [-0.05, 0) is 18.9 Å². The predicted molar refractivity (Wildman–Crippen MR) is 76.5 cm³/mol. The van der Waals surface area contributed by atoms with E-state index in [4.69, 9.17) is 9.47 Å². The molecule has 0 radical (unpaired) electrons. The summed E-state index contributed by atoms with van der Waals surface area (Å²) in [5.41, 5.74) is 0.623. The van der Waals surface area contributed by atoms with Crippen LogP contribution in [0, 0.1) is 0 Å². The van der Waals surface area contributed by atoms with Gasteiger partial charge in [0, 0.05) is 38.7 Å².